The van der Waals surface area contributed by atoms with E-state index in [9.17, 15) is 23.7 Å². The van der Waals surface area contributed by atoms with E-state index in [0.717, 1.165) is 23.5 Å². The maximum Gasteiger partial charge on any atom is 0.293 e. The van der Waals surface area contributed by atoms with Crippen LogP contribution in [0.25, 0.3) is 21.1 Å². The molecule has 1 amide bonds. The molecule has 26 heavy (non-hydrogen) atoms. The smallest absolute Gasteiger partial charge is 0.293 e. The Morgan fingerprint density at radius 3 is 2.77 bits per heavy atom. The van der Waals surface area contributed by atoms with Crippen LogP contribution >= 0.6 is 11.3 Å². The summed E-state index contributed by atoms with van der Waals surface area (Å²) in [6, 6.07) is 7.92. The number of aromatic nitrogens is 2. The highest BCUT2D eigenvalue weighted by Crippen LogP contribution is 2.29. The maximum absolute atomic E-state index is 13.3. The van der Waals surface area contributed by atoms with Gasteiger partial charge >= 0.3 is 0 Å². The summed E-state index contributed by atoms with van der Waals surface area (Å²) in [6.07, 6.45) is 0. The first kappa shape index (κ1) is 16.1. The monoisotopic (exact) mass is 374 g/mol. The Bertz CT molecular complexity index is 1160. The molecule has 4 rings (SSSR count). The quantitative estimate of drug-likeness (QED) is 0.414. The minimum Gasteiger partial charge on any atom is -0.345 e. The molecule has 0 atom stereocenters. The summed E-state index contributed by atoms with van der Waals surface area (Å²) in [5, 5.41) is 14.2. The summed E-state index contributed by atoms with van der Waals surface area (Å²) in [7, 11) is 0. The zero-order valence-electron chi connectivity index (χ0n) is 12.7. The lowest BCUT2D eigenvalue weighted by molar-refractivity contribution is -0.383. The van der Waals surface area contributed by atoms with Gasteiger partial charge in [0, 0.05) is 17.5 Å². The summed E-state index contributed by atoms with van der Waals surface area (Å²) in [5.74, 6) is -2.60. The zero-order valence-corrected chi connectivity index (χ0v) is 13.6. The van der Waals surface area contributed by atoms with Gasteiger partial charge in [0.1, 0.15) is 11.2 Å². The molecule has 2 aromatic carbocycles. The highest BCUT2D eigenvalue weighted by atomic mass is 32.1. The molecule has 0 aliphatic heterocycles. The van der Waals surface area contributed by atoms with Crippen molar-refractivity contribution in [2.45, 2.75) is 0 Å². The van der Waals surface area contributed by atoms with Crippen LogP contribution in [0.2, 0.25) is 0 Å². The van der Waals surface area contributed by atoms with E-state index in [-0.39, 0.29) is 27.5 Å². The van der Waals surface area contributed by atoms with Crippen LogP contribution in [-0.4, -0.2) is 20.8 Å². The number of carbonyl (C=O) groups excluding carboxylic acids is 1. The predicted octanol–water partition coefficient (Wildman–Crippen LogP) is 4.22. The van der Waals surface area contributed by atoms with Gasteiger partial charge in [0.25, 0.3) is 11.6 Å². The van der Waals surface area contributed by atoms with Gasteiger partial charge in [0.2, 0.25) is 0 Å². The number of para-hydroxylation sites is 1. The van der Waals surface area contributed by atoms with E-state index >= 15 is 0 Å². The average Bonchev–Trinajstić information content (AvgIpc) is 3.18. The van der Waals surface area contributed by atoms with Crippen molar-refractivity contribution in [3.8, 4) is 0 Å². The van der Waals surface area contributed by atoms with E-state index < -0.39 is 22.5 Å². The molecule has 0 fully saturated rings. The van der Waals surface area contributed by atoms with Gasteiger partial charge in [0.15, 0.2) is 16.8 Å². The number of benzene rings is 2. The van der Waals surface area contributed by atoms with Gasteiger partial charge < -0.3 is 4.98 Å². The number of nitrogens with one attached hydrogen (secondary N) is 2. The normalized spacial score (nSPS) is 11.2. The molecule has 2 N–H and O–H groups in total. The first-order valence-corrected chi connectivity index (χ1v) is 8.07. The van der Waals surface area contributed by atoms with Crippen LogP contribution in [0.3, 0.4) is 0 Å². The van der Waals surface area contributed by atoms with Crippen LogP contribution in [0.1, 0.15) is 10.5 Å². The summed E-state index contributed by atoms with van der Waals surface area (Å²) in [6.45, 7) is 0. The van der Waals surface area contributed by atoms with Gasteiger partial charge in [0.05, 0.1) is 15.1 Å². The Hall–Kier alpha value is -3.40. The second kappa shape index (κ2) is 5.85. The summed E-state index contributed by atoms with van der Waals surface area (Å²) >= 11 is 0.986. The number of hydrogen-bond donors (Lipinski definition) is 2. The van der Waals surface area contributed by atoms with Crippen molar-refractivity contribution in [1.29, 1.82) is 0 Å². The van der Waals surface area contributed by atoms with Crippen LogP contribution < -0.4 is 5.32 Å². The number of amides is 1. The number of hydrogen-bond acceptors (Lipinski definition) is 5. The average molecular weight is 374 g/mol. The molecule has 130 valence electrons. The number of nitrogens with zero attached hydrogens (tertiary/aromatic N) is 2. The number of anilines is 1. The number of aromatic amines is 1. The number of nitro groups is 1. The minimum absolute atomic E-state index is 0.103. The topological polar surface area (TPSA) is 101 Å². The number of nitro benzene ring substituents is 1. The van der Waals surface area contributed by atoms with Crippen molar-refractivity contribution in [3.63, 3.8) is 0 Å². The van der Waals surface area contributed by atoms with Gasteiger partial charge in [-0.25, -0.2) is 13.8 Å². The van der Waals surface area contributed by atoms with E-state index in [2.05, 4.69) is 15.3 Å². The fraction of sp³-hybridized carbons (Fsp3) is 0. The highest BCUT2D eigenvalue weighted by Gasteiger charge is 2.18. The van der Waals surface area contributed by atoms with Crippen LogP contribution in [0.15, 0.2) is 36.4 Å². The highest BCUT2D eigenvalue weighted by molar-refractivity contribution is 7.22. The molecule has 0 spiro atoms. The Kier molecular flexibility index (Phi) is 3.62. The van der Waals surface area contributed by atoms with Crippen molar-refractivity contribution < 1.29 is 18.5 Å². The molecule has 0 saturated carbocycles. The molecule has 0 bridgehead atoms. The lowest BCUT2D eigenvalue weighted by Gasteiger charge is -1.97. The molecule has 0 aliphatic rings. The standard InChI is InChI=1S/C16H8F2N4O3S/c17-8-5-10-13(6-9(8)18)26-16(20-10)21-15(23)11-4-7-2-1-3-12(22(24)25)14(7)19-11/h1-6,19H,(H,20,21,23). The third kappa shape index (κ3) is 2.65. The first-order chi connectivity index (χ1) is 12.4. The Balaban J connectivity index is 1.67. The van der Waals surface area contributed by atoms with Crippen LogP contribution in [0, 0.1) is 21.7 Å². The Labute approximate surface area is 147 Å². The molecule has 2 heterocycles. The second-order valence-corrected chi connectivity index (χ2v) is 6.42. The third-order valence-corrected chi connectivity index (χ3v) is 4.66. The van der Waals surface area contributed by atoms with Gasteiger partial charge in [-0.3, -0.25) is 20.2 Å². The molecule has 0 unspecified atom stereocenters. The molecular weight excluding hydrogens is 366 g/mol. The lowest BCUT2D eigenvalue weighted by Crippen LogP contribution is -2.11. The van der Waals surface area contributed by atoms with Gasteiger partial charge in [-0.15, -0.1) is 0 Å². The SMILES string of the molecule is O=C(Nc1nc2cc(F)c(F)cc2s1)c1cc2cccc([N+](=O)[O-])c2[nH]1. The molecular formula is C16H8F2N4O3S. The number of H-pyrrole nitrogens is 1. The molecule has 0 radical (unpaired) electrons. The predicted molar refractivity (Wildman–Crippen MR) is 92.4 cm³/mol. The largest absolute Gasteiger partial charge is 0.345 e. The number of carbonyl (C=O) groups is 1. The molecule has 4 aromatic rings. The number of rotatable bonds is 3. The molecule has 2 aromatic heterocycles. The number of non-ortho nitro benzene ring substituents is 1. The molecule has 10 heteroatoms. The van der Waals surface area contributed by atoms with Crippen molar-refractivity contribution in [3.05, 3.63) is 63.8 Å². The van der Waals surface area contributed by atoms with E-state index in [1.807, 2.05) is 0 Å². The Morgan fingerprint density at radius 1 is 1.23 bits per heavy atom. The number of fused-ring (bicyclic) bond motifs is 2. The molecule has 7 nitrogen and oxygen atoms in total. The van der Waals surface area contributed by atoms with Crippen molar-refractivity contribution in [1.82, 2.24) is 9.97 Å². The van der Waals surface area contributed by atoms with Gasteiger partial charge in [-0.1, -0.05) is 23.5 Å². The fourth-order valence-corrected chi connectivity index (χ4v) is 3.42. The summed E-state index contributed by atoms with van der Waals surface area (Å²) in [4.78, 5) is 29.7. The van der Waals surface area contributed by atoms with Crippen molar-refractivity contribution >= 4 is 49.2 Å². The van der Waals surface area contributed by atoms with Gasteiger partial charge in [-0.2, -0.15) is 0 Å². The number of thiazole rings is 1. The lowest BCUT2D eigenvalue weighted by atomic mass is 10.2. The van der Waals surface area contributed by atoms with Crippen LogP contribution in [0.4, 0.5) is 19.6 Å². The Morgan fingerprint density at radius 2 is 2.00 bits per heavy atom. The fourth-order valence-electron chi connectivity index (χ4n) is 2.56. The van der Waals surface area contributed by atoms with E-state index in [4.69, 9.17) is 0 Å². The van der Waals surface area contributed by atoms with Crippen molar-refractivity contribution in [2.75, 3.05) is 5.32 Å². The van der Waals surface area contributed by atoms with Gasteiger partial charge in [-0.05, 0) is 12.1 Å². The molecule has 0 saturated heterocycles. The van der Waals surface area contributed by atoms with Crippen molar-refractivity contribution in [2.24, 2.45) is 0 Å². The minimum atomic E-state index is -1.02. The van der Waals surface area contributed by atoms with Crippen LogP contribution in [0.5, 0.6) is 0 Å². The summed E-state index contributed by atoms with van der Waals surface area (Å²) < 4.78 is 26.9. The second-order valence-electron chi connectivity index (χ2n) is 5.39. The molecule has 0 aliphatic carbocycles. The third-order valence-electron chi connectivity index (χ3n) is 3.73. The first-order valence-electron chi connectivity index (χ1n) is 7.25. The van der Waals surface area contributed by atoms with Crippen LogP contribution in [-0.2, 0) is 0 Å². The maximum atomic E-state index is 13.3. The van der Waals surface area contributed by atoms with E-state index in [1.165, 1.54) is 18.2 Å². The van der Waals surface area contributed by atoms with E-state index in [1.54, 1.807) is 6.07 Å². The van der Waals surface area contributed by atoms with E-state index in [0.29, 0.717) is 10.1 Å². The summed E-state index contributed by atoms with van der Waals surface area (Å²) in [5.41, 5.74) is 0.408. The zero-order chi connectivity index (χ0) is 18.4. The number of halogens is 2.